The Labute approximate surface area is 129 Å². The second-order valence-electron chi connectivity index (χ2n) is 4.53. The Morgan fingerprint density at radius 3 is 2.58 bits per heavy atom. The molecule has 2 rings (SSSR count). The van der Waals surface area contributed by atoms with E-state index >= 15 is 0 Å². The van der Waals surface area contributed by atoms with Crippen LogP contribution in [0.2, 0.25) is 0 Å². The van der Waals surface area contributed by atoms with Crippen LogP contribution in [0.4, 0.5) is 0 Å². The lowest BCUT2D eigenvalue weighted by Crippen LogP contribution is -2.57. The van der Waals surface area contributed by atoms with Crippen molar-refractivity contribution in [2.24, 2.45) is 0 Å². The van der Waals surface area contributed by atoms with Gasteiger partial charge >= 0.3 is 0 Å². The van der Waals surface area contributed by atoms with Gasteiger partial charge in [-0.15, -0.1) is 12.4 Å². The average Bonchev–Trinajstić information content (AvgIpc) is 2.32. The summed E-state index contributed by atoms with van der Waals surface area (Å²) < 4.78 is 27.5. The summed E-state index contributed by atoms with van der Waals surface area (Å²) in [6.07, 6.45) is 0. The minimum absolute atomic E-state index is 0. The SMILES string of the molecule is CC1NCCN(S(=O)(=O)c2ccccc2Br)C1C.Cl. The minimum Gasteiger partial charge on any atom is -0.311 e. The Morgan fingerprint density at radius 1 is 1.32 bits per heavy atom. The quantitative estimate of drug-likeness (QED) is 0.870. The number of hydrogen-bond donors (Lipinski definition) is 1. The Kier molecular flexibility index (Phi) is 5.82. The molecule has 0 aromatic heterocycles. The molecule has 0 spiro atoms. The van der Waals surface area contributed by atoms with Crippen LogP contribution >= 0.6 is 28.3 Å². The number of halogens is 2. The number of sulfonamides is 1. The number of hydrogen-bond acceptors (Lipinski definition) is 3. The lowest BCUT2D eigenvalue weighted by Gasteiger charge is -2.37. The van der Waals surface area contributed by atoms with E-state index in [1.165, 1.54) is 0 Å². The van der Waals surface area contributed by atoms with Crippen molar-refractivity contribution in [3.63, 3.8) is 0 Å². The summed E-state index contributed by atoms with van der Waals surface area (Å²) in [6, 6.07) is 7.06. The maximum absolute atomic E-state index is 12.6. The largest absolute Gasteiger partial charge is 0.311 e. The van der Waals surface area contributed by atoms with E-state index in [1.807, 2.05) is 19.9 Å². The molecule has 0 saturated carbocycles. The van der Waals surface area contributed by atoms with E-state index in [4.69, 9.17) is 0 Å². The van der Waals surface area contributed by atoms with Gasteiger partial charge in [-0.2, -0.15) is 4.31 Å². The molecule has 19 heavy (non-hydrogen) atoms. The molecule has 2 atom stereocenters. The summed E-state index contributed by atoms with van der Waals surface area (Å²) in [5, 5.41) is 3.28. The first-order chi connectivity index (χ1) is 8.44. The van der Waals surface area contributed by atoms with Crippen molar-refractivity contribution in [3.8, 4) is 0 Å². The Morgan fingerprint density at radius 2 is 1.95 bits per heavy atom. The average molecular weight is 370 g/mol. The summed E-state index contributed by atoms with van der Waals surface area (Å²) in [7, 11) is -3.43. The molecule has 0 aliphatic carbocycles. The normalized spacial score (nSPS) is 24.8. The van der Waals surface area contributed by atoms with E-state index in [2.05, 4.69) is 21.2 Å². The van der Waals surface area contributed by atoms with Gasteiger partial charge in [0.15, 0.2) is 0 Å². The molecule has 1 aromatic carbocycles. The lowest BCUT2D eigenvalue weighted by molar-refractivity contribution is 0.233. The second-order valence-corrected chi connectivity index (χ2v) is 7.24. The first-order valence-electron chi connectivity index (χ1n) is 5.94. The first kappa shape index (κ1) is 16.9. The highest BCUT2D eigenvalue weighted by molar-refractivity contribution is 9.10. The van der Waals surface area contributed by atoms with Crippen molar-refractivity contribution in [3.05, 3.63) is 28.7 Å². The molecule has 1 aliphatic heterocycles. The molecular formula is C12H18BrClN2O2S. The highest BCUT2D eigenvalue weighted by atomic mass is 79.9. The molecule has 108 valence electrons. The van der Waals surface area contributed by atoms with Gasteiger partial charge in [0, 0.05) is 29.6 Å². The molecule has 1 aliphatic rings. The van der Waals surface area contributed by atoms with Crippen molar-refractivity contribution < 1.29 is 8.42 Å². The summed E-state index contributed by atoms with van der Waals surface area (Å²) in [5.74, 6) is 0. The maximum Gasteiger partial charge on any atom is 0.244 e. The van der Waals surface area contributed by atoms with E-state index < -0.39 is 10.0 Å². The van der Waals surface area contributed by atoms with E-state index in [9.17, 15) is 8.42 Å². The van der Waals surface area contributed by atoms with E-state index in [0.717, 1.165) is 0 Å². The molecule has 7 heteroatoms. The van der Waals surface area contributed by atoms with Crippen molar-refractivity contribution in [1.82, 2.24) is 9.62 Å². The zero-order chi connectivity index (χ0) is 13.3. The minimum atomic E-state index is -3.43. The van der Waals surface area contributed by atoms with E-state index in [0.29, 0.717) is 22.5 Å². The van der Waals surface area contributed by atoms with Crippen molar-refractivity contribution in [2.45, 2.75) is 30.8 Å². The first-order valence-corrected chi connectivity index (χ1v) is 8.17. The molecule has 2 unspecified atom stereocenters. The van der Waals surface area contributed by atoms with Gasteiger partial charge in [0.05, 0.1) is 4.90 Å². The molecular weight excluding hydrogens is 352 g/mol. The summed E-state index contributed by atoms with van der Waals surface area (Å²) >= 11 is 3.31. The molecule has 1 aromatic rings. The molecule has 1 saturated heterocycles. The summed E-state index contributed by atoms with van der Waals surface area (Å²) in [6.45, 7) is 5.14. The highest BCUT2D eigenvalue weighted by Crippen LogP contribution is 2.27. The third kappa shape index (κ3) is 3.31. The summed E-state index contributed by atoms with van der Waals surface area (Å²) in [4.78, 5) is 0.339. The van der Waals surface area contributed by atoms with Crippen LogP contribution in [0.25, 0.3) is 0 Å². The Balaban J connectivity index is 0.00000180. The van der Waals surface area contributed by atoms with Gasteiger partial charge in [0.25, 0.3) is 0 Å². The van der Waals surface area contributed by atoms with Crippen molar-refractivity contribution in [2.75, 3.05) is 13.1 Å². The zero-order valence-corrected chi connectivity index (χ0v) is 14.1. The molecule has 0 amide bonds. The molecule has 4 nitrogen and oxygen atoms in total. The van der Waals surface area contributed by atoms with Gasteiger partial charge in [0.1, 0.15) is 0 Å². The van der Waals surface area contributed by atoms with Gasteiger partial charge in [-0.25, -0.2) is 8.42 Å². The summed E-state index contributed by atoms with van der Waals surface area (Å²) in [5.41, 5.74) is 0. The fourth-order valence-corrected chi connectivity index (χ4v) is 4.81. The topological polar surface area (TPSA) is 49.4 Å². The zero-order valence-electron chi connectivity index (χ0n) is 10.8. The van der Waals surface area contributed by atoms with Crippen LogP contribution in [0.3, 0.4) is 0 Å². The lowest BCUT2D eigenvalue weighted by atomic mass is 10.1. The number of nitrogens with one attached hydrogen (secondary N) is 1. The number of rotatable bonds is 2. The Bertz CT molecular complexity index is 538. The molecule has 1 fully saturated rings. The molecule has 1 N–H and O–H groups in total. The maximum atomic E-state index is 12.6. The third-order valence-electron chi connectivity index (χ3n) is 3.40. The van der Waals surface area contributed by atoms with E-state index in [1.54, 1.807) is 22.5 Å². The van der Waals surface area contributed by atoms with Crippen LogP contribution in [-0.4, -0.2) is 37.9 Å². The van der Waals surface area contributed by atoms with Gasteiger partial charge in [-0.3, -0.25) is 0 Å². The van der Waals surface area contributed by atoms with Gasteiger partial charge < -0.3 is 5.32 Å². The molecule has 1 heterocycles. The molecule has 0 radical (unpaired) electrons. The molecule has 0 bridgehead atoms. The van der Waals surface area contributed by atoms with Gasteiger partial charge in [0.2, 0.25) is 10.0 Å². The van der Waals surface area contributed by atoms with Gasteiger partial charge in [-0.05, 0) is 41.9 Å². The van der Waals surface area contributed by atoms with Crippen LogP contribution < -0.4 is 5.32 Å². The van der Waals surface area contributed by atoms with Crippen LogP contribution in [0, 0.1) is 0 Å². The third-order valence-corrected chi connectivity index (χ3v) is 6.40. The van der Waals surface area contributed by atoms with Crippen LogP contribution in [0.5, 0.6) is 0 Å². The van der Waals surface area contributed by atoms with Gasteiger partial charge in [-0.1, -0.05) is 12.1 Å². The standard InChI is InChI=1S/C12H17BrN2O2S.ClH/c1-9-10(2)15(8-7-14-9)18(16,17)12-6-4-3-5-11(12)13;/h3-6,9-10,14H,7-8H2,1-2H3;1H. The van der Waals surface area contributed by atoms with Crippen LogP contribution in [0.1, 0.15) is 13.8 Å². The number of benzene rings is 1. The predicted molar refractivity (Wildman–Crippen MR) is 82.2 cm³/mol. The highest BCUT2D eigenvalue weighted by Gasteiger charge is 2.35. The van der Waals surface area contributed by atoms with Crippen molar-refractivity contribution >= 4 is 38.4 Å². The smallest absolute Gasteiger partial charge is 0.244 e. The fraction of sp³-hybridized carbons (Fsp3) is 0.500. The number of piperazine rings is 1. The predicted octanol–water partition coefficient (Wildman–Crippen LogP) is 2.24. The fourth-order valence-electron chi connectivity index (χ4n) is 2.15. The van der Waals surface area contributed by atoms with Crippen LogP contribution in [-0.2, 0) is 10.0 Å². The Hall–Kier alpha value is -0.140. The monoisotopic (exact) mass is 368 g/mol. The number of nitrogens with zero attached hydrogens (tertiary/aromatic N) is 1. The van der Waals surface area contributed by atoms with Crippen molar-refractivity contribution in [1.29, 1.82) is 0 Å². The van der Waals surface area contributed by atoms with E-state index in [-0.39, 0.29) is 24.5 Å². The second kappa shape index (κ2) is 6.54. The van der Waals surface area contributed by atoms with Crippen LogP contribution in [0.15, 0.2) is 33.6 Å².